The summed E-state index contributed by atoms with van der Waals surface area (Å²) in [7, 11) is 1.44. The largest absolute Gasteiger partial charge is 0.507 e. The summed E-state index contributed by atoms with van der Waals surface area (Å²) in [6.45, 7) is 2.33. The van der Waals surface area contributed by atoms with Gasteiger partial charge in [-0.3, -0.25) is 4.90 Å². The van der Waals surface area contributed by atoms with Crippen molar-refractivity contribution in [1.29, 1.82) is 0 Å². The fourth-order valence-corrected chi connectivity index (χ4v) is 2.58. The number of hydrogen-bond donors (Lipinski definition) is 2. The van der Waals surface area contributed by atoms with E-state index in [1.807, 2.05) is 0 Å². The Kier molecular flexibility index (Phi) is 6.77. The Morgan fingerprint density at radius 2 is 1.95 bits per heavy atom. The number of ether oxygens (including phenoxy) is 1. The van der Waals surface area contributed by atoms with Crippen LogP contribution in [0.1, 0.15) is 18.0 Å². The quantitative estimate of drug-likeness (QED) is 0.884. The SMILES string of the molecule is COc1ccc([C@H](CC(F)(F)F)N2CCNCC2)c(O)c1.Cl. The van der Waals surface area contributed by atoms with E-state index in [-0.39, 0.29) is 23.7 Å². The number of halogens is 4. The van der Waals surface area contributed by atoms with Gasteiger partial charge in [-0.25, -0.2) is 0 Å². The number of alkyl halides is 3. The van der Waals surface area contributed by atoms with Crippen LogP contribution in [0.15, 0.2) is 18.2 Å². The number of phenolic OH excluding ortho intramolecular Hbond substituents is 1. The molecule has 1 aliphatic rings. The van der Waals surface area contributed by atoms with Gasteiger partial charge >= 0.3 is 6.18 Å². The Hall–Kier alpha value is -1.18. The van der Waals surface area contributed by atoms with Gasteiger partial charge < -0.3 is 15.2 Å². The van der Waals surface area contributed by atoms with Crippen LogP contribution in [-0.4, -0.2) is 49.5 Å². The van der Waals surface area contributed by atoms with E-state index in [9.17, 15) is 18.3 Å². The lowest BCUT2D eigenvalue weighted by atomic mass is 9.99. The van der Waals surface area contributed by atoms with E-state index in [0.29, 0.717) is 31.9 Å². The molecule has 4 nitrogen and oxygen atoms in total. The normalized spacial score (nSPS) is 17.6. The third-order valence-corrected chi connectivity index (χ3v) is 3.61. The summed E-state index contributed by atoms with van der Waals surface area (Å²) >= 11 is 0. The Morgan fingerprint density at radius 3 is 2.45 bits per heavy atom. The Balaban J connectivity index is 0.00000242. The molecular formula is C14H20ClF3N2O2. The van der Waals surface area contributed by atoms with Crippen molar-refractivity contribution in [1.82, 2.24) is 10.2 Å². The van der Waals surface area contributed by atoms with Crippen molar-refractivity contribution in [3.8, 4) is 11.5 Å². The van der Waals surface area contributed by atoms with E-state index >= 15 is 0 Å². The lowest BCUT2D eigenvalue weighted by Crippen LogP contribution is -2.46. The minimum Gasteiger partial charge on any atom is -0.507 e. The van der Waals surface area contributed by atoms with Crippen molar-refractivity contribution in [3.05, 3.63) is 23.8 Å². The van der Waals surface area contributed by atoms with E-state index in [1.54, 1.807) is 11.0 Å². The number of nitrogens with zero attached hydrogens (tertiary/aromatic N) is 1. The number of nitrogens with one attached hydrogen (secondary N) is 1. The Labute approximate surface area is 133 Å². The molecule has 1 aromatic rings. The van der Waals surface area contributed by atoms with Crippen molar-refractivity contribution >= 4 is 12.4 Å². The number of hydrogen-bond acceptors (Lipinski definition) is 4. The molecule has 2 N–H and O–H groups in total. The zero-order valence-corrected chi connectivity index (χ0v) is 13.0. The maximum Gasteiger partial charge on any atom is 0.390 e. The fourth-order valence-electron chi connectivity index (χ4n) is 2.58. The summed E-state index contributed by atoms with van der Waals surface area (Å²) in [6.07, 6.45) is -5.27. The molecule has 0 aromatic heterocycles. The summed E-state index contributed by atoms with van der Waals surface area (Å²) in [5.41, 5.74) is 0.287. The molecule has 1 heterocycles. The van der Waals surface area contributed by atoms with Gasteiger partial charge in [0.15, 0.2) is 0 Å². The Bertz CT molecular complexity index is 480. The van der Waals surface area contributed by atoms with Crippen LogP contribution in [-0.2, 0) is 0 Å². The molecule has 0 aliphatic carbocycles. The standard InChI is InChI=1S/C14H19F3N2O2.ClH/c1-21-10-2-3-11(13(20)8-10)12(9-14(15,16)17)19-6-4-18-5-7-19;/h2-3,8,12,18,20H,4-7,9H2,1H3;1H/t12-;/m0./s1. The number of benzene rings is 1. The Morgan fingerprint density at radius 1 is 1.32 bits per heavy atom. The smallest absolute Gasteiger partial charge is 0.390 e. The molecule has 8 heteroatoms. The van der Waals surface area contributed by atoms with Gasteiger partial charge in [0.2, 0.25) is 0 Å². The summed E-state index contributed by atoms with van der Waals surface area (Å²) < 4.78 is 43.6. The minimum atomic E-state index is -4.29. The second-order valence-corrected chi connectivity index (χ2v) is 5.05. The van der Waals surface area contributed by atoms with Gasteiger partial charge in [0, 0.05) is 43.9 Å². The van der Waals surface area contributed by atoms with Crippen LogP contribution in [0.25, 0.3) is 0 Å². The summed E-state index contributed by atoms with van der Waals surface area (Å²) in [5.74, 6) is 0.254. The van der Waals surface area contributed by atoms with Gasteiger partial charge in [-0.05, 0) is 6.07 Å². The number of piperazine rings is 1. The van der Waals surface area contributed by atoms with E-state index in [0.717, 1.165) is 0 Å². The van der Waals surface area contributed by atoms with Gasteiger partial charge in [-0.2, -0.15) is 13.2 Å². The molecule has 1 atom stereocenters. The zero-order valence-electron chi connectivity index (χ0n) is 12.2. The third-order valence-electron chi connectivity index (χ3n) is 3.61. The van der Waals surface area contributed by atoms with E-state index in [4.69, 9.17) is 4.74 Å². The highest BCUT2D eigenvalue weighted by atomic mass is 35.5. The molecule has 1 fully saturated rings. The van der Waals surface area contributed by atoms with Crippen molar-refractivity contribution in [2.24, 2.45) is 0 Å². The lowest BCUT2D eigenvalue weighted by molar-refractivity contribution is -0.148. The molecule has 0 bridgehead atoms. The van der Waals surface area contributed by atoms with Gasteiger partial charge in [-0.15, -0.1) is 12.4 Å². The predicted octanol–water partition coefficient (Wildman–Crippen LogP) is 2.72. The van der Waals surface area contributed by atoms with Crippen LogP contribution < -0.4 is 10.1 Å². The first-order chi connectivity index (χ1) is 9.90. The monoisotopic (exact) mass is 340 g/mol. The average molecular weight is 341 g/mol. The number of rotatable bonds is 4. The molecular weight excluding hydrogens is 321 g/mol. The highest BCUT2D eigenvalue weighted by Gasteiger charge is 2.37. The van der Waals surface area contributed by atoms with Gasteiger partial charge in [-0.1, -0.05) is 6.07 Å². The number of phenols is 1. The second kappa shape index (κ2) is 7.89. The molecule has 1 aliphatic heterocycles. The van der Waals surface area contributed by atoms with Crippen LogP contribution >= 0.6 is 12.4 Å². The van der Waals surface area contributed by atoms with Gasteiger partial charge in [0.25, 0.3) is 0 Å². The van der Waals surface area contributed by atoms with Crippen molar-refractivity contribution < 1.29 is 23.0 Å². The molecule has 126 valence electrons. The van der Waals surface area contributed by atoms with Crippen LogP contribution in [0.2, 0.25) is 0 Å². The number of aromatic hydroxyl groups is 1. The molecule has 0 unspecified atom stereocenters. The van der Waals surface area contributed by atoms with Crippen LogP contribution in [0.5, 0.6) is 11.5 Å². The van der Waals surface area contributed by atoms with Crippen molar-refractivity contribution in [3.63, 3.8) is 0 Å². The molecule has 1 saturated heterocycles. The van der Waals surface area contributed by atoms with Gasteiger partial charge in [0.1, 0.15) is 11.5 Å². The molecule has 2 rings (SSSR count). The highest BCUT2D eigenvalue weighted by Crippen LogP contribution is 2.38. The predicted molar refractivity (Wildman–Crippen MR) is 79.8 cm³/mol. The minimum absolute atomic E-state index is 0. The van der Waals surface area contributed by atoms with Crippen LogP contribution in [0.3, 0.4) is 0 Å². The molecule has 0 radical (unpaired) electrons. The van der Waals surface area contributed by atoms with E-state index in [2.05, 4.69) is 5.32 Å². The second-order valence-electron chi connectivity index (χ2n) is 5.05. The molecule has 0 saturated carbocycles. The van der Waals surface area contributed by atoms with Crippen molar-refractivity contribution in [2.45, 2.75) is 18.6 Å². The average Bonchev–Trinajstić information content (AvgIpc) is 2.45. The van der Waals surface area contributed by atoms with Gasteiger partial charge in [0.05, 0.1) is 13.5 Å². The number of methoxy groups -OCH3 is 1. The van der Waals surface area contributed by atoms with Crippen LogP contribution in [0.4, 0.5) is 13.2 Å². The van der Waals surface area contributed by atoms with Crippen molar-refractivity contribution in [2.75, 3.05) is 33.3 Å². The highest BCUT2D eigenvalue weighted by molar-refractivity contribution is 5.85. The van der Waals surface area contributed by atoms with E-state index < -0.39 is 18.6 Å². The maximum absolute atomic E-state index is 12.9. The maximum atomic E-state index is 12.9. The molecule has 1 aromatic carbocycles. The van der Waals surface area contributed by atoms with E-state index in [1.165, 1.54) is 19.2 Å². The molecule has 0 amide bonds. The summed E-state index contributed by atoms with van der Waals surface area (Å²) in [5, 5.41) is 13.1. The third kappa shape index (κ3) is 4.93. The molecule has 0 spiro atoms. The summed E-state index contributed by atoms with van der Waals surface area (Å²) in [4.78, 5) is 1.76. The first-order valence-corrected chi connectivity index (χ1v) is 6.79. The lowest BCUT2D eigenvalue weighted by Gasteiger charge is -2.36. The topological polar surface area (TPSA) is 44.7 Å². The first kappa shape index (κ1) is 18.9. The van der Waals surface area contributed by atoms with Crippen LogP contribution in [0, 0.1) is 0 Å². The zero-order chi connectivity index (χ0) is 15.5. The first-order valence-electron chi connectivity index (χ1n) is 6.79. The molecule has 22 heavy (non-hydrogen) atoms. The summed E-state index contributed by atoms with van der Waals surface area (Å²) in [6, 6.07) is 3.55. The fraction of sp³-hybridized carbons (Fsp3) is 0.571.